The predicted molar refractivity (Wildman–Crippen MR) is 73.4 cm³/mol. The van der Waals surface area contributed by atoms with E-state index >= 15 is 0 Å². The van der Waals surface area contributed by atoms with Gasteiger partial charge in [-0.2, -0.15) is 0 Å². The van der Waals surface area contributed by atoms with Crippen LogP contribution in [-0.2, 0) is 4.79 Å². The van der Waals surface area contributed by atoms with Crippen LogP contribution in [0.2, 0.25) is 0 Å². The molecule has 0 spiro atoms. The molecule has 0 fully saturated rings. The molecule has 0 saturated heterocycles. The Morgan fingerprint density at radius 3 is 2.05 bits per heavy atom. The molecule has 3 nitrogen and oxygen atoms in total. The highest BCUT2D eigenvalue weighted by molar-refractivity contribution is 5.74. The monoisotopic (exact) mass is 256 g/mol. The number of aliphatic carboxylic acids is 1. The van der Waals surface area contributed by atoms with E-state index < -0.39 is 12.1 Å². The zero-order chi connectivity index (χ0) is 13.7. The number of rotatable bonds is 5. The minimum absolute atomic E-state index is 0.223. The van der Waals surface area contributed by atoms with E-state index in [1.165, 1.54) is 0 Å². The summed E-state index contributed by atoms with van der Waals surface area (Å²) in [5.41, 5.74) is 0.950. The topological polar surface area (TPSA) is 46.5 Å². The summed E-state index contributed by atoms with van der Waals surface area (Å²) in [6.45, 7) is 1.86. The summed E-state index contributed by atoms with van der Waals surface area (Å²) in [6.07, 6.45) is -0.898. The third kappa shape index (κ3) is 3.35. The molecule has 3 heteroatoms. The van der Waals surface area contributed by atoms with E-state index in [1.54, 1.807) is 12.1 Å². The summed E-state index contributed by atoms with van der Waals surface area (Å²) >= 11 is 0. The normalized spacial score (nSPS) is 13.5. The van der Waals surface area contributed by atoms with E-state index in [0.717, 1.165) is 5.56 Å². The first-order valence-corrected chi connectivity index (χ1v) is 6.18. The molecule has 2 atom stereocenters. The highest BCUT2D eigenvalue weighted by Crippen LogP contribution is 2.23. The molecule has 0 saturated carbocycles. The van der Waals surface area contributed by atoms with Gasteiger partial charge in [-0.15, -0.1) is 0 Å². The molecule has 0 aliphatic carbocycles. The highest BCUT2D eigenvalue weighted by Gasteiger charge is 2.27. The molecule has 19 heavy (non-hydrogen) atoms. The van der Waals surface area contributed by atoms with E-state index in [-0.39, 0.29) is 5.92 Å². The molecule has 2 aromatic rings. The van der Waals surface area contributed by atoms with Crippen LogP contribution in [0, 0.1) is 0 Å². The smallest absolute Gasteiger partial charge is 0.345 e. The number of ether oxygens (including phenoxy) is 1. The maximum atomic E-state index is 11.4. The van der Waals surface area contributed by atoms with Crippen LogP contribution in [0.1, 0.15) is 18.4 Å². The molecular formula is C16H16O3. The van der Waals surface area contributed by atoms with E-state index in [2.05, 4.69) is 0 Å². The number of hydrogen-bond donors (Lipinski definition) is 1. The van der Waals surface area contributed by atoms with Crippen LogP contribution in [0.5, 0.6) is 5.75 Å². The maximum absolute atomic E-state index is 11.4. The Labute approximate surface area is 112 Å². The predicted octanol–water partition coefficient (Wildman–Crippen LogP) is 3.32. The van der Waals surface area contributed by atoms with Gasteiger partial charge in [0.2, 0.25) is 6.10 Å². The molecule has 0 bridgehead atoms. The maximum Gasteiger partial charge on any atom is 0.345 e. The van der Waals surface area contributed by atoms with Gasteiger partial charge in [0.05, 0.1) is 0 Å². The van der Waals surface area contributed by atoms with Crippen molar-refractivity contribution in [2.24, 2.45) is 0 Å². The number of carbonyl (C=O) groups is 1. The van der Waals surface area contributed by atoms with Crippen molar-refractivity contribution in [1.29, 1.82) is 0 Å². The van der Waals surface area contributed by atoms with E-state index in [1.807, 2.05) is 55.5 Å². The Kier molecular flexibility index (Phi) is 4.18. The average molecular weight is 256 g/mol. The Morgan fingerprint density at radius 1 is 1.00 bits per heavy atom. The summed E-state index contributed by atoms with van der Waals surface area (Å²) in [7, 11) is 0. The quantitative estimate of drug-likeness (QED) is 0.892. The molecule has 2 aromatic carbocycles. The molecular weight excluding hydrogens is 240 g/mol. The van der Waals surface area contributed by atoms with Gasteiger partial charge in [0.25, 0.3) is 0 Å². The van der Waals surface area contributed by atoms with Gasteiger partial charge in [0, 0.05) is 5.92 Å². The van der Waals surface area contributed by atoms with Crippen molar-refractivity contribution in [3.63, 3.8) is 0 Å². The number of carboxylic acid groups (broad SMARTS) is 1. The molecule has 0 aromatic heterocycles. The van der Waals surface area contributed by atoms with Crippen LogP contribution in [-0.4, -0.2) is 17.2 Å². The van der Waals surface area contributed by atoms with Crippen molar-refractivity contribution >= 4 is 5.97 Å². The molecule has 2 unspecified atom stereocenters. The van der Waals surface area contributed by atoms with E-state index in [0.29, 0.717) is 5.75 Å². The van der Waals surface area contributed by atoms with Gasteiger partial charge in [-0.25, -0.2) is 4.79 Å². The molecule has 2 rings (SSSR count). The van der Waals surface area contributed by atoms with Gasteiger partial charge in [0.15, 0.2) is 0 Å². The second kappa shape index (κ2) is 6.05. The SMILES string of the molecule is CC(c1ccccc1)C(Oc1ccccc1)C(=O)O. The fourth-order valence-corrected chi connectivity index (χ4v) is 1.94. The Hall–Kier alpha value is -2.29. The van der Waals surface area contributed by atoms with Gasteiger partial charge < -0.3 is 9.84 Å². The summed E-state index contributed by atoms with van der Waals surface area (Å²) in [5, 5.41) is 9.34. The molecule has 0 aliphatic rings. The van der Waals surface area contributed by atoms with Crippen molar-refractivity contribution < 1.29 is 14.6 Å². The van der Waals surface area contributed by atoms with Gasteiger partial charge in [-0.3, -0.25) is 0 Å². The first kappa shape index (κ1) is 13.1. The first-order valence-electron chi connectivity index (χ1n) is 6.18. The van der Waals surface area contributed by atoms with Gasteiger partial charge in [0.1, 0.15) is 5.75 Å². The van der Waals surface area contributed by atoms with Crippen molar-refractivity contribution in [2.45, 2.75) is 18.9 Å². The van der Waals surface area contributed by atoms with Crippen LogP contribution in [0.25, 0.3) is 0 Å². The zero-order valence-corrected chi connectivity index (χ0v) is 10.7. The zero-order valence-electron chi connectivity index (χ0n) is 10.7. The van der Waals surface area contributed by atoms with Crippen LogP contribution >= 0.6 is 0 Å². The summed E-state index contributed by atoms with van der Waals surface area (Å²) in [4.78, 5) is 11.4. The third-order valence-corrected chi connectivity index (χ3v) is 3.03. The Morgan fingerprint density at radius 2 is 1.53 bits per heavy atom. The number of para-hydroxylation sites is 1. The average Bonchev–Trinajstić information content (AvgIpc) is 2.46. The van der Waals surface area contributed by atoms with Crippen LogP contribution in [0.3, 0.4) is 0 Å². The minimum atomic E-state index is -0.958. The van der Waals surface area contributed by atoms with Crippen molar-refractivity contribution in [3.8, 4) is 5.75 Å². The molecule has 0 heterocycles. The van der Waals surface area contributed by atoms with Crippen molar-refractivity contribution in [1.82, 2.24) is 0 Å². The second-order valence-electron chi connectivity index (χ2n) is 4.39. The first-order chi connectivity index (χ1) is 9.18. The molecule has 0 aliphatic heterocycles. The molecule has 0 radical (unpaired) electrons. The summed E-state index contributed by atoms with van der Waals surface area (Å²) < 4.78 is 5.59. The Bertz CT molecular complexity index is 522. The van der Waals surface area contributed by atoms with E-state index in [4.69, 9.17) is 4.74 Å². The highest BCUT2D eigenvalue weighted by atomic mass is 16.5. The summed E-state index contributed by atoms with van der Waals surface area (Å²) in [6, 6.07) is 18.5. The molecule has 98 valence electrons. The fraction of sp³-hybridized carbons (Fsp3) is 0.188. The Balaban J connectivity index is 2.19. The summed E-state index contributed by atoms with van der Waals surface area (Å²) in [5.74, 6) is -0.614. The minimum Gasteiger partial charge on any atom is -0.478 e. The van der Waals surface area contributed by atoms with Crippen molar-refractivity contribution in [3.05, 3.63) is 66.2 Å². The van der Waals surface area contributed by atoms with E-state index in [9.17, 15) is 9.90 Å². The van der Waals surface area contributed by atoms with Gasteiger partial charge in [-0.05, 0) is 17.7 Å². The molecule has 1 N–H and O–H groups in total. The van der Waals surface area contributed by atoms with Gasteiger partial charge in [-0.1, -0.05) is 55.5 Å². The van der Waals surface area contributed by atoms with Gasteiger partial charge >= 0.3 is 5.97 Å². The largest absolute Gasteiger partial charge is 0.478 e. The number of hydrogen-bond acceptors (Lipinski definition) is 2. The van der Waals surface area contributed by atoms with Crippen LogP contribution in [0.15, 0.2) is 60.7 Å². The number of carboxylic acids is 1. The van der Waals surface area contributed by atoms with Crippen LogP contribution in [0.4, 0.5) is 0 Å². The number of benzene rings is 2. The lowest BCUT2D eigenvalue weighted by molar-refractivity contribution is -0.146. The van der Waals surface area contributed by atoms with Crippen molar-refractivity contribution in [2.75, 3.05) is 0 Å². The third-order valence-electron chi connectivity index (χ3n) is 3.03. The fourth-order valence-electron chi connectivity index (χ4n) is 1.94. The lowest BCUT2D eigenvalue weighted by Crippen LogP contribution is -2.32. The molecule has 0 amide bonds. The lowest BCUT2D eigenvalue weighted by Gasteiger charge is -2.21. The second-order valence-corrected chi connectivity index (χ2v) is 4.39. The van der Waals surface area contributed by atoms with Crippen LogP contribution < -0.4 is 4.74 Å². The standard InChI is InChI=1S/C16H16O3/c1-12(13-8-4-2-5-9-13)15(16(17)18)19-14-10-6-3-7-11-14/h2-12,15H,1H3,(H,17,18). The lowest BCUT2D eigenvalue weighted by atomic mass is 9.95.